The molecule has 144 valence electrons. The first-order valence-electron chi connectivity index (χ1n) is 9.92. The van der Waals surface area contributed by atoms with Crippen LogP contribution in [0.3, 0.4) is 0 Å². The van der Waals surface area contributed by atoms with Crippen LogP contribution in [0, 0.1) is 17.8 Å². The highest BCUT2D eigenvalue weighted by molar-refractivity contribution is 5.98. The van der Waals surface area contributed by atoms with Crippen LogP contribution in [-0.2, 0) is 11.3 Å². The molecule has 4 aliphatic rings. The molecule has 1 aromatic heterocycles. The SMILES string of the molecule is O=C1N[C@@]2(C[C@@H]3CC[C@@H]2C[C@@H]3C(=O)NCc2cccnc2)Oc2ccccc21. The van der Waals surface area contributed by atoms with Gasteiger partial charge in [0.25, 0.3) is 5.91 Å². The van der Waals surface area contributed by atoms with E-state index in [-0.39, 0.29) is 29.6 Å². The van der Waals surface area contributed by atoms with E-state index in [1.165, 1.54) is 0 Å². The van der Waals surface area contributed by atoms with Crippen molar-refractivity contribution in [3.63, 3.8) is 0 Å². The molecule has 0 unspecified atom stereocenters. The van der Waals surface area contributed by atoms with Gasteiger partial charge in [0.05, 0.1) is 5.56 Å². The topological polar surface area (TPSA) is 80.3 Å². The second-order valence-electron chi connectivity index (χ2n) is 8.10. The van der Waals surface area contributed by atoms with Gasteiger partial charge in [-0.3, -0.25) is 14.6 Å². The van der Waals surface area contributed by atoms with E-state index in [9.17, 15) is 9.59 Å². The number of fused-ring (bicyclic) bond motifs is 3. The van der Waals surface area contributed by atoms with Gasteiger partial charge in [0, 0.05) is 37.2 Å². The summed E-state index contributed by atoms with van der Waals surface area (Å²) in [5.74, 6) is 0.992. The van der Waals surface area contributed by atoms with E-state index in [2.05, 4.69) is 15.6 Å². The van der Waals surface area contributed by atoms with Crippen LogP contribution in [0.5, 0.6) is 5.75 Å². The lowest BCUT2D eigenvalue weighted by atomic mass is 9.60. The van der Waals surface area contributed by atoms with E-state index in [0.29, 0.717) is 24.3 Å². The fourth-order valence-electron chi connectivity index (χ4n) is 5.10. The van der Waals surface area contributed by atoms with Gasteiger partial charge in [0.1, 0.15) is 5.75 Å². The minimum Gasteiger partial charge on any atom is -0.467 e. The number of hydrogen-bond acceptors (Lipinski definition) is 4. The molecule has 6 rings (SSSR count). The van der Waals surface area contributed by atoms with Crippen molar-refractivity contribution >= 4 is 11.8 Å². The van der Waals surface area contributed by atoms with Crippen molar-refractivity contribution < 1.29 is 14.3 Å². The molecule has 0 saturated heterocycles. The predicted octanol–water partition coefficient (Wildman–Crippen LogP) is 2.65. The molecule has 3 fully saturated rings. The van der Waals surface area contributed by atoms with Gasteiger partial charge in [-0.15, -0.1) is 0 Å². The number of ether oxygens (including phenoxy) is 1. The van der Waals surface area contributed by atoms with Gasteiger partial charge in [-0.1, -0.05) is 18.2 Å². The first kappa shape index (κ1) is 17.2. The van der Waals surface area contributed by atoms with Crippen LogP contribution in [0.4, 0.5) is 0 Å². The van der Waals surface area contributed by atoms with Crippen LogP contribution >= 0.6 is 0 Å². The Bertz CT molecular complexity index is 916. The summed E-state index contributed by atoms with van der Waals surface area (Å²) in [5.41, 5.74) is 0.905. The zero-order chi connectivity index (χ0) is 19.1. The minimum atomic E-state index is -0.672. The molecule has 4 atom stereocenters. The molecule has 28 heavy (non-hydrogen) atoms. The summed E-state index contributed by atoms with van der Waals surface area (Å²) >= 11 is 0. The maximum atomic E-state index is 12.8. The van der Waals surface area contributed by atoms with Crippen molar-refractivity contribution in [3.05, 3.63) is 59.9 Å². The normalized spacial score (nSPS) is 30.3. The summed E-state index contributed by atoms with van der Waals surface area (Å²) in [6.07, 6.45) is 6.89. The number of carbonyl (C=O) groups is 2. The predicted molar refractivity (Wildman–Crippen MR) is 102 cm³/mol. The number of carbonyl (C=O) groups excluding carboxylic acids is 2. The summed E-state index contributed by atoms with van der Waals surface area (Å²) < 4.78 is 6.35. The Kier molecular flexibility index (Phi) is 4.07. The Labute approximate surface area is 163 Å². The third kappa shape index (κ3) is 2.84. The molecule has 2 N–H and O–H groups in total. The molecular weight excluding hydrogens is 354 g/mol. The number of benzene rings is 1. The molecule has 1 aromatic carbocycles. The molecule has 2 bridgehead atoms. The van der Waals surface area contributed by atoms with E-state index in [1.807, 2.05) is 30.3 Å². The zero-order valence-corrected chi connectivity index (χ0v) is 15.6. The number of para-hydroxylation sites is 1. The molecule has 1 spiro atoms. The molecule has 3 aliphatic carbocycles. The van der Waals surface area contributed by atoms with Crippen molar-refractivity contribution in [1.29, 1.82) is 0 Å². The number of pyridine rings is 1. The quantitative estimate of drug-likeness (QED) is 0.862. The molecule has 1 aliphatic heterocycles. The van der Waals surface area contributed by atoms with Crippen molar-refractivity contribution in [1.82, 2.24) is 15.6 Å². The van der Waals surface area contributed by atoms with E-state index in [0.717, 1.165) is 24.8 Å². The van der Waals surface area contributed by atoms with Gasteiger partial charge in [-0.25, -0.2) is 0 Å². The van der Waals surface area contributed by atoms with Crippen LogP contribution in [0.15, 0.2) is 48.8 Å². The average Bonchev–Trinajstić information content (AvgIpc) is 2.73. The van der Waals surface area contributed by atoms with E-state index < -0.39 is 5.72 Å². The Hall–Kier alpha value is -2.89. The fraction of sp³-hybridized carbons (Fsp3) is 0.409. The number of amides is 2. The van der Waals surface area contributed by atoms with E-state index in [1.54, 1.807) is 18.5 Å². The lowest BCUT2D eigenvalue weighted by Gasteiger charge is -2.55. The van der Waals surface area contributed by atoms with Gasteiger partial charge in [0.15, 0.2) is 5.72 Å². The first-order valence-corrected chi connectivity index (χ1v) is 9.92. The largest absolute Gasteiger partial charge is 0.467 e. The Morgan fingerprint density at radius 3 is 2.93 bits per heavy atom. The number of nitrogens with one attached hydrogen (secondary N) is 2. The molecule has 3 saturated carbocycles. The highest BCUT2D eigenvalue weighted by Gasteiger charge is 2.57. The van der Waals surface area contributed by atoms with Gasteiger partial charge in [-0.2, -0.15) is 0 Å². The van der Waals surface area contributed by atoms with Crippen LogP contribution < -0.4 is 15.4 Å². The second kappa shape index (κ2) is 6.62. The molecular formula is C22H23N3O3. The zero-order valence-electron chi connectivity index (χ0n) is 15.6. The number of hydrogen-bond donors (Lipinski definition) is 2. The monoisotopic (exact) mass is 377 g/mol. The highest BCUT2D eigenvalue weighted by atomic mass is 16.5. The van der Waals surface area contributed by atoms with Crippen LogP contribution in [-0.4, -0.2) is 22.5 Å². The van der Waals surface area contributed by atoms with Crippen LogP contribution in [0.25, 0.3) is 0 Å². The summed E-state index contributed by atoms with van der Waals surface area (Å²) in [4.78, 5) is 29.6. The lowest BCUT2D eigenvalue weighted by molar-refractivity contribution is -0.146. The summed E-state index contributed by atoms with van der Waals surface area (Å²) in [7, 11) is 0. The van der Waals surface area contributed by atoms with Crippen molar-refractivity contribution in [2.24, 2.45) is 17.8 Å². The minimum absolute atomic E-state index is 0.0290. The summed E-state index contributed by atoms with van der Waals surface area (Å²) in [6, 6.07) is 11.2. The number of aromatic nitrogens is 1. The Morgan fingerprint density at radius 1 is 1.25 bits per heavy atom. The van der Waals surface area contributed by atoms with E-state index in [4.69, 9.17) is 4.74 Å². The van der Waals surface area contributed by atoms with Gasteiger partial charge in [-0.05, 0) is 48.9 Å². The molecule has 2 amide bonds. The van der Waals surface area contributed by atoms with Crippen molar-refractivity contribution in [2.45, 2.75) is 38.0 Å². The van der Waals surface area contributed by atoms with Crippen molar-refractivity contribution in [2.75, 3.05) is 0 Å². The molecule has 2 aromatic rings. The summed E-state index contributed by atoms with van der Waals surface area (Å²) in [6.45, 7) is 0.492. The fourth-order valence-corrected chi connectivity index (χ4v) is 5.10. The first-order chi connectivity index (χ1) is 13.6. The van der Waals surface area contributed by atoms with E-state index >= 15 is 0 Å². The number of nitrogens with zero attached hydrogens (tertiary/aromatic N) is 1. The molecule has 6 nitrogen and oxygen atoms in total. The third-order valence-corrected chi connectivity index (χ3v) is 6.49. The average molecular weight is 377 g/mol. The lowest BCUT2D eigenvalue weighted by Crippen LogP contribution is -2.66. The Morgan fingerprint density at radius 2 is 2.14 bits per heavy atom. The van der Waals surface area contributed by atoms with Gasteiger partial charge >= 0.3 is 0 Å². The summed E-state index contributed by atoms with van der Waals surface area (Å²) in [5, 5.41) is 6.20. The number of rotatable bonds is 3. The van der Waals surface area contributed by atoms with Crippen LogP contribution in [0.1, 0.15) is 41.6 Å². The Balaban J connectivity index is 1.30. The molecule has 6 heteroatoms. The van der Waals surface area contributed by atoms with Gasteiger partial charge in [0.2, 0.25) is 5.91 Å². The maximum absolute atomic E-state index is 12.8. The second-order valence-corrected chi connectivity index (χ2v) is 8.10. The van der Waals surface area contributed by atoms with Crippen LogP contribution in [0.2, 0.25) is 0 Å². The third-order valence-electron chi connectivity index (χ3n) is 6.49. The molecule has 0 radical (unpaired) electrons. The molecule has 2 heterocycles. The smallest absolute Gasteiger partial charge is 0.258 e. The highest BCUT2D eigenvalue weighted by Crippen LogP contribution is 2.52. The maximum Gasteiger partial charge on any atom is 0.258 e. The standard InChI is InChI=1S/C22H23N3O3/c26-20(24-13-14-4-3-9-23-12-14)18-10-16-8-7-15(18)11-22(16)25-21(27)17-5-1-2-6-19(17)28-22/h1-6,9,12,15-16,18H,7-8,10-11,13H2,(H,24,26)(H,25,27)/t15-,16+,18-,22-/m0/s1. The van der Waals surface area contributed by atoms with Crippen molar-refractivity contribution in [3.8, 4) is 5.75 Å². The van der Waals surface area contributed by atoms with Gasteiger partial charge < -0.3 is 15.4 Å².